The Balaban J connectivity index is 1.83. The first-order chi connectivity index (χ1) is 9.60. The second-order valence-electron chi connectivity index (χ2n) is 5.37. The van der Waals surface area contributed by atoms with E-state index in [9.17, 15) is 0 Å². The Morgan fingerprint density at radius 3 is 2.25 bits per heavy atom. The minimum atomic E-state index is 0.107. The fourth-order valence-electron chi connectivity index (χ4n) is 2.50. The number of hydrogen-bond donors (Lipinski definition) is 2. The molecule has 1 unspecified atom stereocenters. The number of thiocarbonyl (C=S) groups is 1. The molecule has 0 amide bonds. The van der Waals surface area contributed by atoms with Gasteiger partial charge in [0.1, 0.15) is 0 Å². The third-order valence-corrected chi connectivity index (χ3v) is 4.32. The summed E-state index contributed by atoms with van der Waals surface area (Å²) in [5.74, 6) is 0. The van der Waals surface area contributed by atoms with Crippen LogP contribution in [0.1, 0.15) is 18.1 Å². The highest BCUT2D eigenvalue weighted by molar-refractivity contribution is 7.80. The molecule has 1 aliphatic rings. The Hall–Kier alpha value is -1.01. The Labute approximate surface area is 126 Å². The normalized spacial score (nSPS) is 18.9. The second-order valence-corrected chi connectivity index (χ2v) is 5.84. The first-order valence-electron chi connectivity index (χ1n) is 7.04. The van der Waals surface area contributed by atoms with Gasteiger partial charge in [0.25, 0.3) is 0 Å². The molecule has 1 aromatic carbocycles. The summed E-state index contributed by atoms with van der Waals surface area (Å²) in [7, 11) is 0. The molecule has 1 saturated heterocycles. The molecule has 0 aromatic heterocycles. The van der Waals surface area contributed by atoms with Gasteiger partial charge in [-0.2, -0.15) is 0 Å². The van der Waals surface area contributed by atoms with E-state index in [1.54, 1.807) is 0 Å². The minimum absolute atomic E-state index is 0.107. The third-order valence-electron chi connectivity index (χ3n) is 3.98. The maximum absolute atomic E-state index is 9.04. The monoisotopic (exact) mass is 293 g/mol. The van der Waals surface area contributed by atoms with E-state index in [1.807, 2.05) is 12.1 Å². The van der Waals surface area contributed by atoms with Crippen molar-refractivity contribution >= 4 is 17.2 Å². The zero-order valence-corrected chi connectivity index (χ0v) is 12.8. The molecule has 3 N–H and O–H groups in total. The van der Waals surface area contributed by atoms with E-state index in [0.717, 1.165) is 38.3 Å². The van der Waals surface area contributed by atoms with Crippen LogP contribution >= 0.6 is 12.2 Å². The van der Waals surface area contributed by atoms with E-state index >= 15 is 0 Å². The van der Waals surface area contributed by atoms with Gasteiger partial charge in [-0.15, -0.1) is 0 Å². The fourth-order valence-corrected chi connectivity index (χ4v) is 2.65. The maximum Gasteiger partial charge on any atom is 0.0899 e. The molecule has 0 aliphatic carbocycles. The quantitative estimate of drug-likeness (QED) is 0.792. The van der Waals surface area contributed by atoms with Gasteiger partial charge in [-0.1, -0.05) is 36.5 Å². The van der Waals surface area contributed by atoms with Crippen LogP contribution in [0.3, 0.4) is 0 Å². The molecular weight excluding hydrogens is 270 g/mol. The van der Waals surface area contributed by atoms with Gasteiger partial charge in [-0.3, -0.25) is 9.80 Å². The highest BCUT2D eigenvalue weighted by atomic mass is 32.1. The average Bonchev–Trinajstić information content (AvgIpc) is 2.48. The minimum Gasteiger partial charge on any atom is -0.392 e. The number of aliphatic hydroxyl groups excluding tert-OH is 1. The molecular formula is C15H23N3OS. The number of aliphatic hydroxyl groups is 1. The van der Waals surface area contributed by atoms with Crippen molar-refractivity contribution in [1.29, 1.82) is 0 Å². The Morgan fingerprint density at radius 2 is 1.75 bits per heavy atom. The third kappa shape index (κ3) is 3.99. The van der Waals surface area contributed by atoms with Crippen molar-refractivity contribution < 1.29 is 5.11 Å². The molecule has 0 saturated carbocycles. The number of nitrogens with zero attached hydrogens (tertiary/aromatic N) is 2. The van der Waals surface area contributed by atoms with Gasteiger partial charge in [0.15, 0.2) is 0 Å². The SMILES string of the molecule is CC(C(N)=S)N1CCN(Cc2ccc(CO)cc2)CC1. The van der Waals surface area contributed by atoms with E-state index in [2.05, 4.69) is 28.9 Å². The smallest absolute Gasteiger partial charge is 0.0899 e. The Morgan fingerprint density at radius 1 is 1.20 bits per heavy atom. The van der Waals surface area contributed by atoms with Gasteiger partial charge >= 0.3 is 0 Å². The molecule has 1 fully saturated rings. The molecule has 20 heavy (non-hydrogen) atoms. The van der Waals surface area contributed by atoms with Crippen molar-refractivity contribution in [2.45, 2.75) is 26.1 Å². The van der Waals surface area contributed by atoms with Crippen molar-refractivity contribution in [1.82, 2.24) is 9.80 Å². The molecule has 110 valence electrons. The van der Waals surface area contributed by atoms with Crippen molar-refractivity contribution in [2.75, 3.05) is 26.2 Å². The van der Waals surface area contributed by atoms with Crippen molar-refractivity contribution in [2.24, 2.45) is 5.73 Å². The lowest BCUT2D eigenvalue weighted by Gasteiger charge is -2.37. The summed E-state index contributed by atoms with van der Waals surface area (Å²) in [5, 5.41) is 9.04. The number of rotatable bonds is 5. The summed E-state index contributed by atoms with van der Waals surface area (Å²) in [6.07, 6.45) is 0. The molecule has 4 nitrogen and oxygen atoms in total. The average molecular weight is 293 g/mol. The van der Waals surface area contributed by atoms with Crippen molar-refractivity contribution in [3.63, 3.8) is 0 Å². The lowest BCUT2D eigenvalue weighted by Crippen LogP contribution is -2.52. The zero-order valence-electron chi connectivity index (χ0n) is 12.0. The van der Waals surface area contributed by atoms with Crippen LogP contribution in [0.15, 0.2) is 24.3 Å². The molecule has 1 heterocycles. The van der Waals surface area contributed by atoms with Crippen LogP contribution in [0, 0.1) is 0 Å². The van der Waals surface area contributed by atoms with E-state index in [0.29, 0.717) is 4.99 Å². The molecule has 0 bridgehead atoms. The van der Waals surface area contributed by atoms with Crippen LogP contribution in [0.2, 0.25) is 0 Å². The van der Waals surface area contributed by atoms with Crippen LogP contribution in [0.4, 0.5) is 0 Å². The van der Waals surface area contributed by atoms with Gasteiger partial charge in [-0.25, -0.2) is 0 Å². The number of hydrogen-bond acceptors (Lipinski definition) is 4. The molecule has 1 aromatic rings. The largest absolute Gasteiger partial charge is 0.392 e. The molecule has 5 heteroatoms. The fraction of sp³-hybridized carbons (Fsp3) is 0.533. The summed E-state index contributed by atoms with van der Waals surface area (Å²) in [6, 6.07) is 8.35. The van der Waals surface area contributed by atoms with Crippen molar-refractivity contribution in [3.8, 4) is 0 Å². The lowest BCUT2D eigenvalue weighted by molar-refractivity contribution is 0.118. The topological polar surface area (TPSA) is 52.7 Å². The predicted molar refractivity (Wildman–Crippen MR) is 85.5 cm³/mol. The van der Waals surface area contributed by atoms with Gasteiger partial charge in [0.2, 0.25) is 0 Å². The highest BCUT2D eigenvalue weighted by Gasteiger charge is 2.22. The predicted octanol–water partition coefficient (Wildman–Crippen LogP) is 0.971. The maximum atomic E-state index is 9.04. The standard InChI is InChI=1S/C15H23N3OS/c1-12(15(16)20)18-8-6-17(7-9-18)10-13-2-4-14(11-19)5-3-13/h2-5,12,19H,6-11H2,1H3,(H2,16,20). The molecule has 0 spiro atoms. The van der Waals surface area contributed by atoms with Crippen LogP contribution < -0.4 is 5.73 Å². The summed E-state index contributed by atoms with van der Waals surface area (Å²) in [4.78, 5) is 5.36. The molecule has 1 aliphatic heterocycles. The Bertz CT molecular complexity index is 441. The lowest BCUT2D eigenvalue weighted by atomic mass is 10.1. The van der Waals surface area contributed by atoms with Gasteiger partial charge < -0.3 is 10.8 Å². The van der Waals surface area contributed by atoms with Gasteiger partial charge in [0.05, 0.1) is 17.6 Å². The Kier molecular flexibility index (Phi) is 5.48. The van der Waals surface area contributed by atoms with Crippen LogP contribution in [0.5, 0.6) is 0 Å². The van der Waals surface area contributed by atoms with Crippen LogP contribution in [0.25, 0.3) is 0 Å². The van der Waals surface area contributed by atoms with E-state index in [-0.39, 0.29) is 12.6 Å². The highest BCUT2D eigenvalue weighted by Crippen LogP contribution is 2.12. The van der Waals surface area contributed by atoms with E-state index in [1.165, 1.54) is 5.56 Å². The van der Waals surface area contributed by atoms with E-state index in [4.69, 9.17) is 23.1 Å². The first-order valence-corrected chi connectivity index (χ1v) is 7.45. The number of benzene rings is 1. The first kappa shape index (κ1) is 15.4. The number of piperazine rings is 1. The molecule has 1 atom stereocenters. The summed E-state index contributed by atoms with van der Waals surface area (Å²) in [6.45, 7) is 7.23. The van der Waals surface area contributed by atoms with Crippen LogP contribution in [-0.4, -0.2) is 52.1 Å². The summed E-state index contributed by atoms with van der Waals surface area (Å²) < 4.78 is 0. The molecule has 0 radical (unpaired) electrons. The summed E-state index contributed by atoms with van der Waals surface area (Å²) >= 11 is 5.06. The van der Waals surface area contributed by atoms with Crippen molar-refractivity contribution in [3.05, 3.63) is 35.4 Å². The number of nitrogens with two attached hydrogens (primary N) is 1. The molecule has 2 rings (SSSR count). The van der Waals surface area contributed by atoms with Gasteiger partial charge in [0, 0.05) is 32.7 Å². The van der Waals surface area contributed by atoms with Gasteiger partial charge in [-0.05, 0) is 18.1 Å². The second kappa shape index (κ2) is 7.13. The van der Waals surface area contributed by atoms with E-state index < -0.39 is 0 Å². The zero-order chi connectivity index (χ0) is 14.5. The summed E-state index contributed by atoms with van der Waals surface area (Å²) in [5.41, 5.74) is 7.96. The van der Waals surface area contributed by atoms with Crippen LogP contribution in [-0.2, 0) is 13.2 Å².